The summed E-state index contributed by atoms with van der Waals surface area (Å²) < 4.78 is 11.9. The average molecular weight is 243 g/mol. The molecule has 3 heteroatoms. The third-order valence-corrected chi connectivity index (χ3v) is 4.01. The van der Waals surface area contributed by atoms with Gasteiger partial charge in [-0.2, -0.15) is 5.26 Å². The molecule has 1 unspecified atom stereocenters. The van der Waals surface area contributed by atoms with Crippen LogP contribution in [0.4, 0.5) is 0 Å². The first-order chi connectivity index (χ1) is 8.81. The first-order valence-corrected chi connectivity index (χ1v) is 6.61. The molecule has 94 valence electrons. The van der Waals surface area contributed by atoms with E-state index in [1.807, 2.05) is 18.2 Å². The Hall–Kier alpha value is -1.53. The number of benzene rings is 1. The van der Waals surface area contributed by atoms with Crippen molar-refractivity contribution in [2.45, 2.75) is 43.8 Å². The Bertz CT molecular complexity index is 474. The lowest BCUT2D eigenvalue weighted by molar-refractivity contribution is -0.153. The summed E-state index contributed by atoms with van der Waals surface area (Å²) in [5, 5.41) is 9.05. The molecule has 1 saturated heterocycles. The highest BCUT2D eigenvalue weighted by Gasteiger charge is 2.43. The third-order valence-electron chi connectivity index (χ3n) is 4.01. The van der Waals surface area contributed by atoms with E-state index in [0.717, 1.165) is 32.3 Å². The van der Waals surface area contributed by atoms with Gasteiger partial charge in [0.15, 0.2) is 0 Å². The van der Waals surface area contributed by atoms with Crippen molar-refractivity contribution in [3.63, 3.8) is 0 Å². The van der Waals surface area contributed by atoms with Crippen molar-refractivity contribution in [1.29, 1.82) is 5.26 Å². The van der Waals surface area contributed by atoms with Crippen LogP contribution in [0.1, 0.15) is 37.7 Å². The van der Waals surface area contributed by atoms with Gasteiger partial charge in [-0.1, -0.05) is 12.1 Å². The van der Waals surface area contributed by atoms with Crippen LogP contribution in [0.15, 0.2) is 24.3 Å². The van der Waals surface area contributed by atoms with Crippen molar-refractivity contribution in [3.8, 4) is 11.8 Å². The van der Waals surface area contributed by atoms with Gasteiger partial charge in [-0.05, 0) is 31.4 Å². The number of hydrogen-bond acceptors (Lipinski definition) is 3. The standard InChI is InChI=1S/C15H17NO2/c16-11-12-4-1-2-5-14(12)18-13-6-9-17-15(10-13)7-3-8-15/h1-2,4-5,13H,3,6-10H2. The molecule has 2 aliphatic rings. The van der Waals surface area contributed by atoms with Crippen LogP contribution in [0.5, 0.6) is 5.75 Å². The minimum atomic E-state index is 0.0878. The molecule has 0 amide bonds. The van der Waals surface area contributed by atoms with Crippen LogP contribution >= 0.6 is 0 Å². The Morgan fingerprint density at radius 1 is 1.33 bits per heavy atom. The van der Waals surface area contributed by atoms with Crippen LogP contribution in [0.3, 0.4) is 0 Å². The predicted molar refractivity (Wildman–Crippen MR) is 67.3 cm³/mol. The van der Waals surface area contributed by atoms with Crippen LogP contribution in [0, 0.1) is 11.3 Å². The maximum Gasteiger partial charge on any atom is 0.137 e. The molecule has 1 saturated carbocycles. The van der Waals surface area contributed by atoms with Crippen LogP contribution in [0.2, 0.25) is 0 Å². The molecule has 0 radical (unpaired) electrons. The molecular formula is C15H17NO2. The summed E-state index contributed by atoms with van der Waals surface area (Å²) in [6.07, 6.45) is 5.66. The van der Waals surface area contributed by atoms with Gasteiger partial charge >= 0.3 is 0 Å². The van der Waals surface area contributed by atoms with Crippen LogP contribution in [0.25, 0.3) is 0 Å². The Morgan fingerprint density at radius 3 is 2.89 bits per heavy atom. The molecule has 1 aromatic rings. The van der Waals surface area contributed by atoms with Crippen LogP contribution in [-0.4, -0.2) is 18.3 Å². The van der Waals surface area contributed by atoms with Crippen molar-refractivity contribution in [2.75, 3.05) is 6.61 Å². The first kappa shape index (κ1) is 11.6. The van der Waals surface area contributed by atoms with E-state index in [1.54, 1.807) is 6.07 Å². The fraction of sp³-hybridized carbons (Fsp3) is 0.533. The van der Waals surface area contributed by atoms with Crippen molar-refractivity contribution in [1.82, 2.24) is 0 Å². The number of nitrogens with zero attached hydrogens (tertiary/aromatic N) is 1. The summed E-state index contributed by atoms with van der Waals surface area (Å²) in [7, 11) is 0. The van der Waals surface area contributed by atoms with Gasteiger partial charge in [-0.25, -0.2) is 0 Å². The van der Waals surface area contributed by atoms with Gasteiger partial charge in [0.05, 0.1) is 17.8 Å². The van der Waals surface area contributed by atoms with E-state index in [0.29, 0.717) is 11.3 Å². The van der Waals surface area contributed by atoms with Crippen LogP contribution < -0.4 is 4.74 Å². The van der Waals surface area contributed by atoms with Gasteiger partial charge in [0.1, 0.15) is 17.9 Å². The van der Waals surface area contributed by atoms with E-state index in [9.17, 15) is 0 Å². The molecule has 3 nitrogen and oxygen atoms in total. The zero-order valence-electron chi connectivity index (χ0n) is 10.4. The van der Waals surface area contributed by atoms with Crippen molar-refractivity contribution in [2.24, 2.45) is 0 Å². The second kappa shape index (κ2) is 4.62. The lowest BCUT2D eigenvalue weighted by Crippen LogP contribution is -2.48. The third kappa shape index (κ3) is 2.09. The molecule has 1 spiro atoms. The highest BCUT2D eigenvalue weighted by molar-refractivity contribution is 5.42. The minimum absolute atomic E-state index is 0.0878. The van der Waals surface area contributed by atoms with Gasteiger partial charge < -0.3 is 9.47 Å². The molecule has 1 aliphatic heterocycles. The van der Waals surface area contributed by atoms with E-state index < -0.39 is 0 Å². The molecule has 1 atom stereocenters. The molecule has 0 bridgehead atoms. The monoisotopic (exact) mass is 243 g/mol. The zero-order valence-corrected chi connectivity index (χ0v) is 10.4. The quantitative estimate of drug-likeness (QED) is 0.801. The van der Waals surface area contributed by atoms with E-state index in [4.69, 9.17) is 14.7 Å². The van der Waals surface area contributed by atoms with Gasteiger partial charge in [0.2, 0.25) is 0 Å². The Morgan fingerprint density at radius 2 is 2.17 bits per heavy atom. The lowest BCUT2D eigenvalue weighted by Gasteiger charge is -2.46. The second-order valence-corrected chi connectivity index (χ2v) is 5.23. The SMILES string of the molecule is N#Cc1ccccc1OC1CCOC2(CCC2)C1. The van der Waals surface area contributed by atoms with Crippen molar-refractivity contribution in [3.05, 3.63) is 29.8 Å². The van der Waals surface area contributed by atoms with E-state index in [1.165, 1.54) is 6.42 Å². The molecule has 1 aliphatic carbocycles. The number of ether oxygens (including phenoxy) is 2. The molecule has 0 N–H and O–H groups in total. The van der Waals surface area contributed by atoms with Crippen molar-refractivity contribution >= 4 is 0 Å². The summed E-state index contributed by atoms with van der Waals surface area (Å²) in [5.74, 6) is 0.710. The molecule has 1 aromatic carbocycles. The summed E-state index contributed by atoms with van der Waals surface area (Å²) in [4.78, 5) is 0. The number of nitriles is 1. The Kier molecular flexibility index (Phi) is 2.97. The average Bonchev–Trinajstić information content (AvgIpc) is 2.38. The highest BCUT2D eigenvalue weighted by Crippen LogP contribution is 2.43. The first-order valence-electron chi connectivity index (χ1n) is 6.61. The number of hydrogen-bond donors (Lipinski definition) is 0. The number of para-hydroxylation sites is 1. The normalized spacial score (nSPS) is 25.2. The smallest absolute Gasteiger partial charge is 0.137 e. The fourth-order valence-electron chi connectivity index (χ4n) is 2.84. The molecule has 1 heterocycles. The van der Waals surface area contributed by atoms with E-state index in [2.05, 4.69) is 6.07 Å². The van der Waals surface area contributed by atoms with Gasteiger partial charge in [-0.15, -0.1) is 0 Å². The molecule has 0 aromatic heterocycles. The molecule has 2 fully saturated rings. The number of rotatable bonds is 2. The Balaban J connectivity index is 1.70. The minimum Gasteiger partial charge on any atom is -0.489 e. The van der Waals surface area contributed by atoms with Gasteiger partial charge in [0.25, 0.3) is 0 Å². The van der Waals surface area contributed by atoms with Crippen molar-refractivity contribution < 1.29 is 9.47 Å². The Labute approximate surface area is 107 Å². The summed E-state index contributed by atoms with van der Waals surface area (Å²) in [6, 6.07) is 9.63. The van der Waals surface area contributed by atoms with E-state index >= 15 is 0 Å². The predicted octanol–water partition coefficient (Wildman–Crippen LogP) is 3.04. The van der Waals surface area contributed by atoms with E-state index in [-0.39, 0.29) is 11.7 Å². The summed E-state index contributed by atoms with van der Waals surface area (Å²) >= 11 is 0. The highest BCUT2D eigenvalue weighted by atomic mass is 16.5. The maximum atomic E-state index is 9.05. The van der Waals surface area contributed by atoms with Gasteiger partial charge in [-0.3, -0.25) is 0 Å². The summed E-state index contributed by atoms with van der Waals surface area (Å²) in [5.41, 5.74) is 0.705. The van der Waals surface area contributed by atoms with Gasteiger partial charge in [0, 0.05) is 12.8 Å². The fourth-order valence-corrected chi connectivity index (χ4v) is 2.84. The lowest BCUT2D eigenvalue weighted by atomic mass is 9.74. The molecular weight excluding hydrogens is 226 g/mol. The van der Waals surface area contributed by atoms with Crippen LogP contribution in [-0.2, 0) is 4.74 Å². The second-order valence-electron chi connectivity index (χ2n) is 5.23. The summed E-state index contributed by atoms with van der Waals surface area (Å²) in [6.45, 7) is 0.777. The zero-order chi connectivity index (χ0) is 12.4. The largest absolute Gasteiger partial charge is 0.489 e. The molecule has 3 rings (SSSR count). The maximum absolute atomic E-state index is 9.05. The molecule has 18 heavy (non-hydrogen) atoms. The topological polar surface area (TPSA) is 42.2 Å².